The molecule has 0 bridgehead atoms. The highest BCUT2D eigenvalue weighted by Crippen LogP contribution is 2.18. The molecule has 0 spiro atoms. The molecule has 1 aromatic rings. The Labute approximate surface area is 103 Å². The number of likely N-dealkylation sites (N-methyl/N-ethyl adjacent to an activating group) is 1. The molecule has 98 valence electrons. The third-order valence-electron chi connectivity index (χ3n) is 2.37. The van der Waals surface area contributed by atoms with E-state index in [0.29, 0.717) is 6.61 Å². The van der Waals surface area contributed by atoms with E-state index in [9.17, 15) is 19.3 Å². The van der Waals surface area contributed by atoms with Gasteiger partial charge in [0.15, 0.2) is 0 Å². The molecule has 0 N–H and O–H groups in total. The molecule has 1 amide bonds. The smallest absolute Gasteiger partial charge is 0.270 e. The lowest BCUT2D eigenvalue weighted by molar-refractivity contribution is -0.384. The van der Waals surface area contributed by atoms with Gasteiger partial charge in [0, 0.05) is 32.8 Å². The van der Waals surface area contributed by atoms with Crippen LogP contribution in [0.3, 0.4) is 0 Å². The molecular weight excluding hydrogens is 243 g/mol. The molecule has 0 atom stereocenters. The fourth-order valence-corrected chi connectivity index (χ4v) is 1.33. The summed E-state index contributed by atoms with van der Waals surface area (Å²) in [5, 5.41) is 10.6. The SMILES string of the molecule is COCCN(C)C(=O)c1cc([N+](=O)[O-])ccc1F. The number of nitro benzene ring substituents is 1. The van der Waals surface area contributed by atoms with Crippen LogP contribution >= 0.6 is 0 Å². The Hall–Kier alpha value is -2.02. The number of amides is 1. The van der Waals surface area contributed by atoms with Gasteiger partial charge >= 0.3 is 0 Å². The lowest BCUT2D eigenvalue weighted by atomic mass is 10.1. The molecule has 0 fully saturated rings. The van der Waals surface area contributed by atoms with E-state index in [0.717, 1.165) is 18.2 Å². The molecule has 0 aliphatic rings. The summed E-state index contributed by atoms with van der Waals surface area (Å²) in [6.07, 6.45) is 0. The average molecular weight is 256 g/mol. The number of hydrogen-bond acceptors (Lipinski definition) is 4. The van der Waals surface area contributed by atoms with E-state index >= 15 is 0 Å². The summed E-state index contributed by atoms with van der Waals surface area (Å²) in [5.41, 5.74) is -0.636. The Morgan fingerprint density at radius 3 is 2.78 bits per heavy atom. The van der Waals surface area contributed by atoms with Crippen molar-refractivity contribution in [3.8, 4) is 0 Å². The van der Waals surface area contributed by atoms with E-state index < -0.39 is 16.6 Å². The third kappa shape index (κ3) is 3.24. The molecule has 0 saturated carbocycles. The first-order valence-corrected chi connectivity index (χ1v) is 5.15. The van der Waals surface area contributed by atoms with E-state index in [1.54, 1.807) is 0 Å². The Morgan fingerprint density at radius 1 is 1.56 bits per heavy atom. The van der Waals surface area contributed by atoms with Crippen molar-refractivity contribution < 1.29 is 18.8 Å². The van der Waals surface area contributed by atoms with Crippen LogP contribution in [0.15, 0.2) is 18.2 Å². The third-order valence-corrected chi connectivity index (χ3v) is 2.37. The number of halogens is 1. The summed E-state index contributed by atoms with van der Waals surface area (Å²) in [6, 6.07) is 2.86. The Bertz CT molecular complexity index is 464. The minimum Gasteiger partial charge on any atom is -0.383 e. The van der Waals surface area contributed by atoms with Gasteiger partial charge in [-0.3, -0.25) is 14.9 Å². The number of hydrogen-bond donors (Lipinski definition) is 0. The minimum absolute atomic E-state index is 0.275. The number of carbonyl (C=O) groups is 1. The average Bonchev–Trinajstić information content (AvgIpc) is 2.35. The van der Waals surface area contributed by atoms with Crippen molar-refractivity contribution >= 4 is 11.6 Å². The lowest BCUT2D eigenvalue weighted by Gasteiger charge is -2.16. The molecule has 0 heterocycles. The van der Waals surface area contributed by atoms with Crippen LogP contribution < -0.4 is 0 Å². The second-order valence-electron chi connectivity index (χ2n) is 3.64. The Balaban J connectivity index is 2.97. The van der Waals surface area contributed by atoms with E-state index in [1.165, 1.54) is 19.1 Å². The lowest BCUT2D eigenvalue weighted by Crippen LogP contribution is -2.30. The van der Waals surface area contributed by atoms with Crippen molar-refractivity contribution in [1.29, 1.82) is 0 Å². The Morgan fingerprint density at radius 2 is 2.22 bits per heavy atom. The second kappa shape index (κ2) is 6.06. The topological polar surface area (TPSA) is 72.7 Å². The monoisotopic (exact) mass is 256 g/mol. The molecule has 7 heteroatoms. The highest BCUT2D eigenvalue weighted by atomic mass is 19.1. The summed E-state index contributed by atoms with van der Waals surface area (Å²) >= 11 is 0. The van der Waals surface area contributed by atoms with Crippen LogP contribution in [0, 0.1) is 15.9 Å². The largest absolute Gasteiger partial charge is 0.383 e. The van der Waals surface area contributed by atoms with Gasteiger partial charge in [-0.1, -0.05) is 0 Å². The number of benzene rings is 1. The fraction of sp³-hybridized carbons (Fsp3) is 0.364. The zero-order valence-electron chi connectivity index (χ0n) is 10.1. The van der Waals surface area contributed by atoms with Gasteiger partial charge in [-0.2, -0.15) is 0 Å². The van der Waals surface area contributed by atoms with Crippen molar-refractivity contribution in [3.63, 3.8) is 0 Å². The van der Waals surface area contributed by atoms with E-state index in [-0.39, 0.29) is 17.8 Å². The van der Waals surface area contributed by atoms with E-state index in [4.69, 9.17) is 4.74 Å². The number of ether oxygens (including phenoxy) is 1. The van der Waals surface area contributed by atoms with E-state index in [1.807, 2.05) is 0 Å². The van der Waals surface area contributed by atoms with Gasteiger partial charge in [0.2, 0.25) is 0 Å². The quantitative estimate of drug-likeness (QED) is 0.590. The van der Waals surface area contributed by atoms with Gasteiger partial charge in [-0.25, -0.2) is 4.39 Å². The number of carbonyl (C=O) groups excluding carboxylic acids is 1. The maximum absolute atomic E-state index is 13.5. The van der Waals surface area contributed by atoms with Gasteiger partial charge in [0.05, 0.1) is 17.1 Å². The van der Waals surface area contributed by atoms with Crippen LogP contribution in [0.4, 0.5) is 10.1 Å². The molecule has 0 unspecified atom stereocenters. The number of non-ortho nitro benzene ring substituents is 1. The van der Waals surface area contributed by atoms with Crippen molar-refractivity contribution in [3.05, 3.63) is 39.7 Å². The van der Waals surface area contributed by atoms with Crippen LogP contribution in [0.2, 0.25) is 0 Å². The van der Waals surface area contributed by atoms with Crippen molar-refractivity contribution in [2.75, 3.05) is 27.3 Å². The van der Waals surface area contributed by atoms with Gasteiger partial charge in [0.25, 0.3) is 11.6 Å². The molecule has 18 heavy (non-hydrogen) atoms. The fourth-order valence-electron chi connectivity index (χ4n) is 1.33. The van der Waals surface area contributed by atoms with Crippen LogP contribution in [0.1, 0.15) is 10.4 Å². The van der Waals surface area contributed by atoms with Gasteiger partial charge in [-0.05, 0) is 6.07 Å². The minimum atomic E-state index is -0.783. The number of methoxy groups -OCH3 is 1. The summed E-state index contributed by atoms with van der Waals surface area (Å²) in [7, 11) is 2.95. The molecule has 6 nitrogen and oxygen atoms in total. The number of nitro groups is 1. The molecule has 1 rings (SSSR count). The highest BCUT2D eigenvalue weighted by Gasteiger charge is 2.19. The molecule has 0 saturated heterocycles. The van der Waals surface area contributed by atoms with E-state index in [2.05, 4.69) is 0 Å². The summed E-state index contributed by atoms with van der Waals surface area (Å²) in [5.74, 6) is -1.40. The van der Waals surface area contributed by atoms with Crippen molar-refractivity contribution in [1.82, 2.24) is 4.90 Å². The first-order chi connectivity index (χ1) is 8.47. The maximum atomic E-state index is 13.5. The summed E-state index contributed by atoms with van der Waals surface area (Å²) in [4.78, 5) is 23.0. The van der Waals surface area contributed by atoms with Crippen molar-refractivity contribution in [2.24, 2.45) is 0 Å². The first-order valence-electron chi connectivity index (χ1n) is 5.15. The zero-order valence-corrected chi connectivity index (χ0v) is 10.1. The Kier molecular flexibility index (Phi) is 4.73. The number of rotatable bonds is 5. The van der Waals surface area contributed by atoms with Gasteiger partial charge < -0.3 is 9.64 Å². The molecular formula is C11H13FN2O4. The van der Waals surface area contributed by atoms with Crippen LogP contribution in [-0.2, 0) is 4.74 Å². The van der Waals surface area contributed by atoms with Gasteiger partial charge in [-0.15, -0.1) is 0 Å². The normalized spacial score (nSPS) is 10.2. The molecule has 0 aliphatic carbocycles. The molecule has 0 radical (unpaired) electrons. The molecule has 1 aromatic carbocycles. The van der Waals surface area contributed by atoms with Crippen LogP contribution in [0.25, 0.3) is 0 Å². The van der Waals surface area contributed by atoms with Crippen LogP contribution in [0.5, 0.6) is 0 Å². The zero-order chi connectivity index (χ0) is 13.7. The number of nitrogens with zero attached hydrogens (tertiary/aromatic N) is 2. The standard InChI is InChI=1S/C11H13FN2O4/c1-13(5-6-18-2)11(15)9-7-8(14(16)17)3-4-10(9)12/h3-4,7H,5-6H2,1-2H3. The van der Waals surface area contributed by atoms with Gasteiger partial charge in [0.1, 0.15) is 5.82 Å². The second-order valence-corrected chi connectivity index (χ2v) is 3.64. The summed E-state index contributed by atoms with van der Waals surface area (Å²) in [6.45, 7) is 0.580. The molecule has 0 aromatic heterocycles. The van der Waals surface area contributed by atoms with Crippen molar-refractivity contribution in [2.45, 2.75) is 0 Å². The predicted octanol–water partition coefficient (Wildman–Crippen LogP) is 1.45. The van der Waals surface area contributed by atoms with Crippen LogP contribution in [-0.4, -0.2) is 43.0 Å². The highest BCUT2D eigenvalue weighted by molar-refractivity contribution is 5.95. The summed E-state index contributed by atoms with van der Waals surface area (Å²) < 4.78 is 18.3. The maximum Gasteiger partial charge on any atom is 0.270 e. The molecule has 0 aliphatic heterocycles. The first kappa shape index (κ1) is 14.0. The predicted molar refractivity (Wildman–Crippen MR) is 61.9 cm³/mol.